The van der Waals surface area contributed by atoms with Gasteiger partial charge in [0.15, 0.2) is 0 Å². The largest absolute Gasteiger partial charge is 0.310 e. The minimum absolute atomic E-state index is 0.150. The third-order valence-electron chi connectivity index (χ3n) is 3.35. The van der Waals surface area contributed by atoms with Crippen molar-refractivity contribution in [1.29, 1.82) is 0 Å². The molecule has 1 aromatic heterocycles. The Bertz CT molecular complexity index is 635. The zero-order valence-corrected chi connectivity index (χ0v) is 11.8. The second kappa shape index (κ2) is 6.22. The quantitative estimate of drug-likeness (QED) is 0.895. The molecule has 2 aliphatic rings. The Morgan fingerprint density at radius 2 is 1.18 bits per heavy atom. The lowest BCUT2D eigenvalue weighted by Gasteiger charge is -2.10. The summed E-state index contributed by atoms with van der Waals surface area (Å²) in [5, 5.41) is 5.47. The van der Waals surface area contributed by atoms with Crippen LogP contribution in [-0.4, -0.2) is 16.8 Å². The molecular weight excluding hydrogens is 278 g/mol. The van der Waals surface area contributed by atoms with E-state index in [1.807, 2.05) is 24.3 Å². The zero-order valence-electron chi connectivity index (χ0n) is 11.8. The summed E-state index contributed by atoms with van der Waals surface area (Å²) < 4.78 is 0. The number of nitrogens with zero attached hydrogens (tertiary/aromatic N) is 1. The number of rotatable bonds is 4. The highest BCUT2D eigenvalue weighted by atomic mass is 16.2. The van der Waals surface area contributed by atoms with Crippen LogP contribution in [0.4, 0.5) is 11.6 Å². The van der Waals surface area contributed by atoms with Crippen molar-refractivity contribution in [3.63, 3.8) is 0 Å². The van der Waals surface area contributed by atoms with Gasteiger partial charge in [-0.2, -0.15) is 0 Å². The molecule has 0 unspecified atom stereocenters. The average molecular weight is 293 g/mol. The third-order valence-corrected chi connectivity index (χ3v) is 3.35. The van der Waals surface area contributed by atoms with Crippen LogP contribution >= 0.6 is 0 Å². The number of nitrogens with one attached hydrogen (secondary N) is 2. The lowest BCUT2D eigenvalue weighted by molar-refractivity contribution is -0.118. The molecule has 5 nitrogen and oxygen atoms in total. The summed E-state index contributed by atoms with van der Waals surface area (Å²) >= 11 is 0. The molecule has 2 aliphatic carbocycles. The van der Waals surface area contributed by atoms with Crippen molar-refractivity contribution in [2.75, 3.05) is 10.6 Å². The number of aromatic nitrogens is 1. The molecule has 0 saturated carbocycles. The molecule has 5 heteroatoms. The minimum atomic E-state index is -0.270. The Morgan fingerprint density at radius 1 is 0.773 bits per heavy atom. The number of hydrogen-bond donors (Lipinski definition) is 2. The van der Waals surface area contributed by atoms with E-state index < -0.39 is 0 Å². The predicted molar refractivity (Wildman–Crippen MR) is 85.0 cm³/mol. The number of pyridine rings is 1. The minimum Gasteiger partial charge on any atom is -0.310 e. The molecule has 1 heterocycles. The molecule has 110 valence electrons. The van der Waals surface area contributed by atoms with Crippen LogP contribution in [0.1, 0.15) is 0 Å². The maximum absolute atomic E-state index is 12.0. The fraction of sp³-hybridized carbons (Fsp3) is 0.118. The van der Waals surface area contributed by atoms with Crippen LogP contribution in [0.3, 0.4) is 0 Å². The van der Waals surface area contributed by atoms with E-state index in [1.165, 1.54) is 0 Å². The molecule has 22 heavy (non-hydrogen) atoms. The van der Waals surface area contributed by atoms with E-state index in [9.17, 15) is 9.59 Å². The standard InChI is InChI=1S/C17H15N3O2/c21-16(12-6-1-2-7-12)19-14-10-5-11-15(18-14)20-17(22)13-8-3-4-9-13/h1-13H,(H2,18,19,20,21,22). The summed E-state index contributed by atoms with van der Waals surface area (Å²) in [6.07, 6.45) is 14.5. The van der Waals surface area contributed by atoms with Gasteiger partial charge in [0.1, 0.15) is 11.6 Å². The fourth-order valence-corrected chi connectivity index (χ4v) is 2.21. The topological polar surface area (TPSA) is 71.1 Å². The van der Waals surface area contributed by atoms with Gasteiger partial charge >= 0.3 is 0 Å². The number of carbonyl (C=O) groups excluding carboxylic acids is 2. The lowest BCUT2D eigenvalue weighted by Crippen LogP contribution is -2.21. The highest BCUT2D eigenvalue weighted by molar-refractivity contribution is 5.96. The first-order valence-corrected chi connectivity index (χ1v) is 7.01. The van der Waals surface area contributed by atoms with Crippen LogP contribution < -0.4 is 10.6 Å². The molecule has 0 aliphatic heterocycles. The van der Waals surface area contributed by atoms with E-state index >= 15 is 0 Å². The second-order valence-corrected chi connectivity index (χ2v) is 4.98. The molecule has 0 bridgehead atoms. The van der Waals surface area contributed by atoms with Gasteiger partial charge in [0.2, 0.25) is 11.8 Å². The van der Waals surface area contributed by atoms with Crippen LogP contribution in [-0.2, 0) is 9.59 Å². The summed E-state index contributed by atoms with van der Waals surface area (Å²) in [6.45, 7) is 0. The zero-order chi connectivity index (χ0) is 15.4. The molecule has 0 spiro atoms. The molecule has 0 atom stereocenters. The van der Waals surface area contributed by atoms with Gasteiger partial charge in [-0.3, -0.25) is 9.59 Å². The Hall–Kier alpha value is -2.95. The molecule has 2 amide bonds. The highest BCUT2D eigenvalue weighted by Gasteiger charge is 2.16. The van der Waals surface area contributed by atoms with E-state index in [2.05, 4.69) is 15.6 Å². The normalized spacial score (nSPS) is 16.4. The van der Waals surface area contributed by atoms with Crippen LogP contribution in [0.15, 0.2) is 66.8 Å². The van der Waals surface area contributed by atoms with Gasteiger partial charge in [0, 0.05) is 0 Å². The van der Waals surface area contributed by atoms with Crippen molar-refractivity contribution in [2.24, 2.45) is 11.8 Å². The predicted octanol–water partition coefficient (Wildman–Crippen LogP) is 2.44. The third kappa shape index (κ3) is 3.20. The summed E-state index contributed by atoms with van der Waals surface area (Å²) in [6, 6.07) is 5.11. The van der Waals surface area contributed by atoms with Crippen molar-refractivity contribution in [2.45, 2.75) is 0 Å². The van der Waals surface area contributed by atoms with E-state index in [0.717, 1.165) is 0 Å². The van der Waals surface area contributed by atoms with Gasteiger partial charge < -0.3 is 10.6 Å². The van der Waals surface area contributed by atoms with Gasteiger partial charge in [-0.15, -0.1) is 0 Å². The molecule has 0 fully saturated rings. The van der Waals surface area contributed by atoms with Crippen molar-refractivity contribution < 1.29 is 9.59 Å². The first-order chi connectivity index (χ1) is 10.7. The molecule has 0 radical (unpaired) electrons. The Morgan fingerprint density at radius 3 is 1.59 bits per heavy atom. The van der Waals surface area contributed by atoms with Gasteiger partial charge in [-0.25, -0.2) is 4.98 Å². The summed E-state index contributed by atoms with van der Waals surface area (Å²) in [7, 11) is 0. The van der Waals surface area contributed by atoms with Crippen LogP contribution in [0.2, 0.25) is 0 Å². The van der Waals surface area contributed by atoms with Gasteiger partial charge in [-0.05, 0) is 12.1 Å². The number of hydrogen-bond acceptors (Lipinski definition) is 3. The van der Waals surface area contributed by atoms with E-state index in [1.54, 1.807) is 42.5 Å². The van der Waals surface area contributed by atoms with Gasteiger partial charge in [0.05, 0.1) is 11.8 Å². The smallest absolute Gasteiger partial charge is 0.236 e. The SMILES string of the molecule is O=C(Nc1cccc(NC(=O)C2C=CC=C2)n1)C1C=CC=C1. The monoisotopic (exact) mass is 293 g/mol. The number of anilines is 2. The molecule has 0 saturated heterocycles. The van der Waals surface area contributed by atoms with Crippen molar-refractivity contribution >= 4 is 23.5 Å². The highest BCUT2D eigenvalue weighted by Crippen LogP contribution is 2.16. The number of carbonyl (C=O) groups is 2. The molecule has 1 aromatic rings. The Kier molecular flexibility index (Phi) is 3.96. The molecule has 3 rings (SSSR count). The maximum atomic E-state index is 12.0. The molecule has 2 N–H and O–H groups in total. The van der Waals surface area contributed by atoms with Crippen molar-refractivity contribution in [1.82, 2.24) is 4.98 Å². The average Bonchev–Trinajstić information content (AvgIpc) is 3.21. The second-order valence-electron chi connectivity index (χ2n) is 4.98. The van der Waals surface area contributed by atoms with Gasteiger partial charge in [-0.1, -0.05) is 54.7 Å². The summed E-state index contributed by atoms with van der Waals surface area (Å²) in [5.74, 6) is -0.0177. The van der Waals surface area contributed by atoms with E-state index in [4.69, 9.17) is 0 Å². The Balaban J connectivity index is 1.64. The van der Waals surface area contributed by atoms with Crippen molar-refractivity contribution in [3.05, 3.63) is 66.8 Å². The molecular formula is C17H15N3O2. The lowest BCUT2D eigenvalue weighted by atomic mass is 10.1. The maximum Gasteiger partial charge on any atom is 0.236 e. The number of allylic oxidation sites excluding steroid dienone is 4. The van der Waals surface area contributed by atoms with Crippen molar-refractivity contribution in [3.8, 4) is 0 Å². The summed E-state index contributed by atoms with van der Waals surface area (Å²) in [5.41, 5.74) is 0. The van der Waals surface area contributed by atoms with Gasteiger partial charge in [0.25, 0.3) is 0 Å². The van der Waals surface area contributed by atoms with E-state index in [-0.39, 0.29) is 23.7 Å². The first kappa shape index (κ1) is 14.0. The molecule has 0 aromatic carbocycles. The van der Waals surface area contributed by atoms with Crippen LogP contribution in [0.25, 0.3) is 0 Å². The fourth-order valence-electron chi connectivity index (χ4n) is 2.21. The van der Waals surface area contributed by atoms with Crippen LogP contribution in [0.5, 0.6) is 0 Å². The van der Waals surface area contributed by atoms with E-state index in [0.29, 0.717) is 11.6 Å². The van der Waals surface area contributed by atoms with Crippen LogP contribution in [0, 0.1) is 11.8 Å². The summed E-state index contributed by atoms with van der Waals surface area (Å²) in [4.78, 5) is 28.2. The number of amides is 2. The Labute approximate surface area is 128 Å². The first-order valence-electron chi connectivity index (χ1n) is 7.01.